The van der Waals surface area contributed by atoms with Crippen molar-refractivity contribution >= 4 is 28.3 Å². The zero-order chi connectivity index (χ0) is 23.8. The average molecular weight is 478 g/mol. The number of thiazole rings is 1. The molecular weight excluding hydrogens is 448 g/mol. The van der Waals surface area contributed by atoms with Crippen LogP contribution in [0.1, 0.15) is 61.3 Å². The van der Waals surface area contributed by atoms with Gasteiger partial charge in [-0.05, 0) is 56.6 Å². The molecule has 0 aliphatic carbocycles. The summed E-state index contributed by atoms with van der Waals surface area (Å²) in [6.45, 7) is 4.38. The van der Waals surface area contributed by atoms with E-state index in [0.29, 0.717) is 28.6 Å². The predicted octanol–water partition coefficient (Wildman–Crippen LogP) is 4.11. The Balaban J connectivity index is 1.33. The Morgan fingerprint density at radius 2 is 2.00 bits per heavy atom. The number of rotatable bonds is 4. The fourth-order valence-corrected chi connectivity index (χ4v) is 5.84. The lowest BCUT2D eigenvalue weighted by Crippen LogP contribution is -2.30. The van der Waals surface area contributed by atoms with Gasteiger partial charge in [0, 0.05) is 53.7 Å². The lowest BCUT2D eigenvalue weighted by atomic mass is 10.0. The third-order valence-electron chi connectivity index (χ3n) is 6.66. The van der Waals surface area contributed by atoms with E-state index in [1.54, 1.807) is 35.6 Å². The molecule has 0 saturated carbocycles. The average Bonchev–Trinajstić information content (AvgIpc) is 3.47. The summed E-state index contributed by atoms with van der Waals surface area (Å²) in [4.78, 5) is 36.2. The van der Waals surface area contributed by atoms with E-state index in [9.17, 15) is 9.59 Å². The molecule has 1 saturated heterocycles. The molecule has 3 heterocycles. The van der Waals surface area contributed by atoms with E-state index in [2.05, 4.69) is 22.2 Å². The van der Waals surface area contributed by atoms with Crippen molar-refractivity contribution in [1.82, 2.24) is 14.8 Å². The second-order valence-electron chi connectivity index (χ2n) is 9.14. The molecule has 1 atom stereocenters. The Labute approximate surface area is 203 Å². The Hall–Kier alpha value is -3.23. The Morgan fingerprint density at radius 3 is 2.82 bits per heavy atom. The van der Waals surface area contributed by atoms with E-state index in [0.717, 1.165) is 49.2 Å². The summed E-state index contributed by atoms with van der Waals surface area (Å²) in [6, 6.07) is 12.7. The summed E-state index contributed by atoms with van der Waals surface area (Å²) in [5.41, 5.74) is 4.01. The zero-order valence-electron chi connectivity index (χ0n) is 19.4. The predicted molar refractivity (Wildman–Crippen MR) is 134 cm³/mol. The van der Waals surface area contributed by atoms with Crippen molar-refractivity contribution in [1.29, 1.82) is 0 Å². The molecule has 2 aliphatic heterocycles. The van der Waals surface area contributed by atoms with Crippen molar-refractivity contribution in [3.8, 4) is 5.75 Å². The number of hydrogen-bond donors (Lipinski definition) is 1. The minimum Gasteiger partial charge on any atom is -0.593 e. The number of carbonyl (C=O) groups is 2. The SMILES string of the molecule is Cc1cc(C(=O)N2CCC[C@@H]2c2cccc(C(=O)Nc3nc4c(s3)CN(C)CC4)c2)ccc1[OH2+]. The molecule has 2 amide bonds. The number of hydrogen-bond acceptors (Lipinski definition) is 5. The van der Waals surface area contributed by atoms with Crippen LogP contribution in [0, 0.1) is 6.92 Å². The van der Waals surface area contributed by atoms with Crippen molar-refractivity contribution in [2.75, 3.05) is 25.5 Å². The lowest BCUT2D eigenvalue weighted by molar-refractivity contribution is 0.0735. The van der Waals surface area contributed by atoms with Gasteiger partial charge in [0.25, 0.3) is 17.6 Å². The number of likely N-dealkylation sites (N-methyl/N-ethyl adjacent to an activating group) is 1. The van der Waals surface area contributed by atoms with E-state index in [1.165, 1.54) is 4.88 Å². The normalized spacial score (nSPS) is 18.1. The summed E-state index contributed by atoms with van der Waals surface area (Å²) in [5, 5.41) is 11.5. The van der Waals surface area contributed by atoms with Crippen LogP contribution >= 0.6 is 11.3 Å². The van der Waals surface area contributed by atoms with Gasteiger partial charge in [-0.25, -0.2) is 4.98 Å². The number of nitrogens with zero attached hydrogens (tertiary/aromatic N) is 3. The van der Waals surface area contributed by atoms with Gasteiger partial charge in [0.1, 0.15) is 0 Å². The van der Waals surface area contributed by atoms with Crippen LogP contribution in [0.4, 0.5) is 5.13 Å². The van der Waals surface area contributed by atoms with E-state index in [4.69, 9.17) is 5.11 Å². The zero-order valence-corrected chi connectivity index (χ0v) is 20.2. The molecule has 5 rings (SSSR count). The first kappa shape index (κ1) is 22.6. The quantitative estimate of drug-likeness (QED) is 0.573. The van der Waals surface area contributed by atoms with Crippen LogP contribution in [0.5, 0.6) is 5.75 Å². The first-order valence-electron chi connectivity index (χ1n) is 11.6. The summed E-state index contributed by atoms with van der Waals surface area (Å²) in [5.74, 6) is 0.221. The molecule has 1 fully saturated rings. The fraction of sp³-hybridized carbons (Fsp3) is 0.346. The van der Waals surface area contributed by atoms with Crippen LogP contribution in [0.15, 0.2) is 42.5 Å². The summed E-state index contributed by atoms with van der Waals surface area (Å²) in [6.07, 6.45) is 2.68. The molecular formula is C26H29N4O3S+. The van der Waals surface area contributed by atoms with Crippen LogP contribution in [0.3, 0.4) is 0 Å². The number of carbonyl (C=O) groups excluding carboxylic acids is 2. The van der Waals surface area contributed by atoms with Crippen molar-refractivity contribution in [3.05, 3.63) is 75.3 Å². The van der Waals surface area contributed by atoms with Crippen LogP contribution < -0.4 is 5.32 Å². The maximum atomic E-state index is 13.2. The number of likely N-dealkylation sites (tertiary alicyclic amines) is 1. The number of nitrogens with one attached hydrogen (secondary N) is 1. The highest BCUT2D eigenvalue weighted by molar-refractivity contribution is 7.15. The molecule has 34 heavy (non-hydrogen) atoms. The minimum absolute atomic E-state index is 0.0289. The lowest BCUT2D eigenvalue weighted by Gasteiger charge is -2.25. The maximum Gasteiger partial charge on any atom is 0.257 e. The van der Waals surface area contributed by atoms with E-state index >= 15 is 0 Å². The Morgan fingerprint density at radius 1 is 1.15 bits per heavy atom. The highest BCUT2D eigenvalue weighted by Crippen LogP contribution is 2.34. The van der Waals surface area contributed by atoms with Gasteiger partial charge < -0.3 is 14.9 Å². The van der Waals surface area contributed by atoms with E-state index in [-0.39, 0.29) is 17.9 Å². The fourth-order valence-electron chi connectivity index (χ4n) is 4.75. The van der Waals surface area contributed by atoms with Gasteiger partial charge in [0.05, 0.1) is 11.7 Å². The van der Waals surface area contributed by atoms with Crippen LogP contribution in [-0.2, 0) is 13.0 Å². The van der Waals surface area contributed by atoms with Crippen LogP contribution in [-0.4, -0.2) is 51.8 Å². The standard InChI is InChI=1S/C26H28N4O3S/c1-16-13-19(8-9-22(16)31)25(33)30-11-4-7-21(30)17-5-3-6-18(14-17)24(32)28-26-27-20-10-12-29(2)15-23(20)34-26/h3,5-6,8-9,13-14,21,31H,4,7,10-12,15H2,1-2H3,(H,27,28,32)/p+1/t21-/m1/s1. The highest BCUT2D eigenvalue weighted by atomic mass is 32.1. The van der Waals surface area contributed by atoms with Crippen molar-refractivity contribution in [2.45, 2.75) is 38.8 Å². The molecule has 7 nitrogen and oxygen atoms in total. The first-order chi connectivity index (χ1) is 16.4. The molecule has 0 radical (unpaired) electrons. The number of aryl methyl sites for hydroxylation is 1. The molecule has 3 N–H and O–H groups in total. The number of fused-ring (bicyclic) bond motifs is 1. The second-order valence-corrected chi connectivity index (χ2v) is 10.2. The third-order valence-corrected chi connectivity index (χ3v) is 7.66. The van der Waals surface area contributed by atoms with Crippen LogP contribution in [0.25, 0.3) is 0 Å². The van der Waals surface area contributed by atoms with E-state index < -0.39 is 0 Å². The highest BCUT2D eigenvalue weighted by Gasteiger charge is 2.31. The number of benzene rings is 2. The van der Waals surface area contributed by atoms with Gasteiger partial charge in [-0.15, -0.1) is 11.3 Å². The Bertz CT molecular complexity index is 1250. The summed E-state index contributed by atoms with van der Waals surface area (Å²) in [7, 11) is 2.09. The number of amides is 2. The number of aromatic nitrogens is 1. The molecule has 0 bridgehead atoms. The number of anilines is 1. The molecule has 3 aromatic rings. The van der Waals surface area contributed by atoms with Gasteiger partial charge >= 0.3 is 0 Å². The molecule has 176 valence electrons. The first-order valence-corrected chi connectivity index (χ1v) is 12.4. The van der Waals surface area contributed by atoms with Gasteiger partial charge in [-0.1, -0.05) is 12.1 Å². The third kappa shape index (κ3) is 4.43. The topological polar surface area (TPSA) is 88.4 Å². The minimum atomic E-state index is -0.182. The van der Waals surface area contributed by atoms with Crippen molar-refractivity contribution in [2.24, 2.45) is 0 Å². The van der Waals surface area contributed by atoms with Crippen molar-refractivity contribution < 1.29 is 14.7 Å². The van der Waals surface area contributed by atoms with Crippen LogP contribution in [0.2, 0.25) is 0 Å². The van der Waals surface area contributed by atoms with Crippen molar-refractivity contribution in [3.63, 3.8) is 0 Å². The molecule has 2 aliphatic rings. The smallest absolute Gasteiger partial charge is 0.257 e. The van der Waals surface area contributed by atoms with Gasteiger partial charge in [0.2, 0.25) is 0 Å². The summed E-state index contributed by atoms with van der Waals surface area (Å²) < 4.78 is 0. The molecule has 0 spiro atoms. The summed E-state index contributed by atoms with van der Waals surface area (Å²) >= 11 is 1.54. The monoisotopic (exact) mass is 477 g/mol. The Kier molecular flexibility index (Phi) is 6.10. The molecule has 1 aromatic heterocycles. The molecule has 0 unspecified atom stereocenters. The maximum absolute atomic E-state index is 13.2. The largest absolute Gasteiger partial charge is 0.593 e. The van der Waals surface area contributed by atoms with Gasteiger partial charge in [-0.3, -0.25) is 14.9 Å². The van der Waals surface area contributed by atoms with Gasteiger partial charge in [0.15, 0.2) is 5.13 Å². The second kappa shape index (κ2) is 9.19. The van der Waals surface area contributed by atoms with Gasteiger partial charge in [-0.2, -0.15) is 0 Å². The molecule has 2 aromatic carbocycles. The molecule has 8 heteroatoms. The van der Waals surface area contributed by atoms with E-state index in [1.807, 2.05) is 30.0 Å².